The van der Waals surface area contributed by atoms with Crippen molar-refractivity contribution < 1.29 is 14.2 Å². The van der Waals surface area contributed by atoms with Crippen LogP contribution in [0.2, 0.25) is 0 Å². The van der Waals surface area contributed by atoms with Crippen molar-refractivity contribution in [3.8, 4) is 11.5 Å². The number of epoxide rings is 1. The number of rotatable bonds is 6. The van der Waals surface area contributed by atoms with Gasteiger partial charge in [0.05, 0.1) is 13.2 Å². The number of nitrogens with zero attached hydrogens (tertiary/aromatic N) is 1. The van der Waals surface area contributed by atoms with Gasteiger partial charge in [-0.15, -0.1) is 0 Å². The zero-order valence-corrected chi connectivity index (χ0v) is 16.6. The molecule has 1 aromatic heterocycles. The molecule has 2 heterocycles. The van der Waals surface area contributed by atoms with E-state index in [1.54, 1.807) is 7.11 Å². The molecule has 4 nitrogen and oxygen atoms in total. The molecule has 0 bridgehead atoms. The largest absolute Gasteiger partial charge is 0.493 e. The van der Waals surface area contributed by atoms with Gasteiger partial charge >= 0.3 is 0 Å². The van der Waals surface area contributed by atoms with Crippen LogP contribution in [0.5, 0.6) is 11.5 Å². The summed E-state index contributed by atoms with van der Waals surface area (Å²) in [5, 5.41) is 0. The average molecular weight is 387 g/mol. The Kier molecular flexibility index (Phi) is 4.72. The fourth-order valence-corrected chi connectivity index (χ4v) is 4.47. The first-order valence-electron chi connectivity index (χ1n) is 10.3. The van der Waals surface area contributed by atoms with Crippen LogP contribution >= 0.6 is 0 Å². The first-order chi connectivity index (χ1) is 14.3. The van der Waals surface area contributed by atoms with Crippen molar-refractivity contribution in [1.29, 1.82) is 0 Å². The summed E-state index contributed by atoms with van der Waals surface area (Å²) in [4.78, 5) is 4.15. The Morgan fingerprint density at radius 1 is 0.897 bits per heavy atom. The summed E-state index contributed by atoms with van der Waals surface area (Å²) in [6.07, 6.45) is 8.51. The van der Waals surface area contributed by atoms with Crippen molar-refractivity contribution in [2.45, 2.75) is 43.5 Å². The maximum Gasteiger partial charge on any atom is 0.161 e. The average Bonchev–Trinajstić information content (AvgIpc) is 3.35. The van der Waals surface area contributed by atoms with Gasteiger partial charge in [0.15, 0.2) is 11.5 Å². The lowest BCUT2D eigenvalue weighted by atomic mass is 9.85. The quantitative estimate of drug-likeness (QED) is 0.529. The van der Waals surface area contributed by atoms with Crippen LogP contribution in [0.3, 0.4) is 0 Å². The Hall–Kier alpha value is -2.85. The summed E-state index contributed by atoms with van der Waals surface area (Å²) in [7, 11) is 1.69. The Morgan fingerprint density at radius 3 is 2.38 bits per heavy atom. The Labute approximate surface area is 171 Å². The molecule has 0 unspecified atom stereocenters. The van der Waals surface area contributed by atoms with Gasteiger partial charge in [-0.1, -0.05) is 36.4 Å². The molecule has 0 spiro atoms. The number of benzene rings is 2. The lowest BCUT2D eigenvalue weighted by molar-refractivity contribution is 0.200. The molecule has 29 heavy (non-hydrogen) atoms. The number of ether oxygens (including phenoxy) is 3. The highest BCUT2D eigenvalue weighted by molar-refractivity contribution is 5.52. The Balaban J connectivity index is 1.57. The zero-order valence-electron chi connectivity index (χ0n) is 16.6. The molecule has 1 saturated carbocycles. The van der Waals surface area contributed by atoms with E-state index in [0.29, 0.717) is 0 Å². The van der Waals surface area contributed by atoms with Crippen LogP contribution in [0, 0.1) is 0 Å². The molecule has 0 amide bonds. The van der Waals surface area contributed by atoms with Crippen LogP contribution < -0.4 is 9.47 Å². The molecular weight excluding hydrogens is 362 g/mol. The topological polar surface area (TPSA) is 43.9 Å². The molecule has 0 N–H and O–H groups in total. The second-order valence-corrected chi connectivity index (χ2v) is 7.77. The fourth-order valence-electron chi connectivity index (χ4n) is 4.47. The monoisotopic (exact) mass is 387 g/mol. The van der Waals surface area contributed by atoms with E-state index >= 15 is 0 Å². The van der Waals surface area contributed by atoms with Crippen LogP contribution in [-0.4, -0.2) is 18.2 Å². The molecule has 148 valence electrons. The van der Waals surface area contributed by atoms with Gasteiger partial charge in [-0.25, -0.2) is 0 Å². The SMILES string of the molecule is COc1ccc([C@]2(c3ccccc3)O[C@@H]2c2ccncc2)cc1OC1CCCC1. The standard InChI is InChI=1S/C25H25NO3/c1-27-22-12-11-20(17-23(22)28-21-9-5-6-10-21)25(19-7-3-2-4-8-19)24(29-25)18-13-15-26-16-14-18/h2-4,7-8,11-17,21,24H,5-6,9-10H2,1H3/t24-,25+/m1/s1. The van der Waals surface area contributed by atoms with Crippen molar-refractivity contribution in [1.82, 2.24) is 4.98 Å². The van der Waals surface area contributed by atoms with Crippen LogP contribution in [0.25, 0.3) is 0 Å². The number of hydrogen-bond acceptors (Lipinski definition) is 4. The van der Waals surface area contributed by atoms with Gasteiger partial charge in [0.1, 0.15) is 11.7 Å². The number of hydrogen-bond donors (Lipinski definition) is 0. The van der Waals surface area contributed by atoms with Crippen LogP contribution in [0.4, 0.5) is 0 Å². The van der Waals surface area contributed by atoms with Crippen LogP contribution in [0.15, 0.2) is 73.1 Å². The predicted molar refractivity (Wildman–Crippen MR) is 111 cm³/mol. The molecular formula is C25H25NO3. The maximum absolute atomic E-state index is 6.44. The summed E-state index contributed by atoms with van der Waals surface area (Å²) in [5.41, 5.74) is 2.82. The number of aromatic nitrogens is 1. The highest BCUT2D eigenvalue weighted by Crippen LogP contribution is 2.61. The molecule has 4 heteroatoms. The van der Waals surface area contributed by atoms with Crippen molar-refractivity contribution in [2.24, 2.45) is 0 Å². The first kappa shape index (κ1) is 18.2. The third-order valence-electron chi connectivity index (χ3n) is 6.02. The van der Waals surface area contributed by atoms with Gasteiger partial charge in [0, 0.05) is 12.4 Å². The summed E-state index contributed by atoms with van der Waals surface area (Å²) < 4.78 is 18.4. The Bertz CT molecular complexity index is 970. The molecule has 1 saturated heterocycles. The van der Waals surface area contributed by atoms with E-state index in [2.05, 4.69) is 41.4 Å². The summed E-state index contributed by atoms with van der Waals surface area (Å²) in [6, 6.07) is 20.6. The highest BCUT2D eigenvalue weighted by Gasteiger charge is 2.60. The minimum absolute atomic E-state index is 0.0550. The van der Waals surface area contributed by atoms with E-state index in [-0.39, 0.29) is 12.2 Å². The zero-order chi connectivity index (χ0) is 19.7. The van der Waals surface area contributed by atoms with Gasteiger partial charge in [0.2, 0.25) is 0 Å². The van der Waals surface area contributed by atoms with Gasteiger partial charge in [-0.3, -0.25) is 4.98 Å². The number of methoxy groups -OCH3 is 1. The van der Waals surface area contributed by atoms with E-state index in [9.17, 15) is 0 Å². The van der Waals surface area contributed by atoms with Crippen LogP contribution in [0.1, 0.15) is 48.5 Å². The van der Waals surface area contributed by atoms with Crippen molar-refractivity contribution in [3.05, 3.63) is 89.7 Å². The Morgan fingerprint density at radius 2 is 1.66 bits per heavy atom. The molecule has 5 rings (SSSR count). The summed E-state index contributed by atoms with van der Waals surface area (Å²) in [5.74, 6) is 1.57. The van der Waals surface area contributed by atoms with E-state index in [4.69, 9.17) is 14.2 Å². The highest BCUT2D eigenvalue weighted by atomic mass is 16.6. The van der Waals surface area contributed by atoms with Crippen LogP contribution in [-0.2, 0) is 10.3 Å². The smallest absolute Gasteiger partial charge is 0.161 e. The molecule has 3 aromatic rings. The minimum atomic E-state index is -0.525. The van der Waals surface area contributed by atoms with Crippen molar-refractivity contribution in [3.63, 3.8) is 0 Å². The molecule has 2 aromatic carbocycles. The van der Waals surface area contributed by atoms with E-state index in [0.717, 1.165) is 41.0 Å². The lowest BCUT2D eigenvalue weighted by Crippen LogP contribution is -2.15. The molecule has 1 aliphatic carbocycles. The van der Waals surface area contributed by atoms with E-state index in [1.165, 1.54) is 12.8 Å². The summed E-state index contributed by atoms with van der Waals surface area (Å²) >= 11 is 0. The lowest BCUT2D eigenvalue weighted by Gasteiger charge is -2.20. The fraction of sp³-hybridized carbons (Fsp3) is 0.320. The maximum atomic E-state index is 6.44. The molecule has 2 aliphatic rings. The first-order valence-corrected chi connectivity index (χ1v) is 10.3. The second kappa shape index (κ2) is 7.53. The predicted octanol–water partition coefficient (Wildman–Crippen LogP) is 5.43. The van der Waals surface area contributed by atoms with Gasteiger partial charge in [0.25, 0.3) is 0 Å². The normalized spacial score (nSPS) is 23.7. The molecule has 2 fully saturated rings. The van der Waals surface area contributed by atoms with E-state index in [1.807, 2.05) is 36.7 Å². The molecule has 0 radical (unpaired) electrons. The van der Waals surface area contributed by atoms with Gasteiger partial charge in [-0.2, -0.15) is 0 Å². The third-order valence-corrected chi connectivity index (χ3v) is 6.02. The number of pyridine rings is 1. The van der Waals surface area contributed by atoms with Crippen molar-refractivity contribution >= 4 is 0 Å². The molecule has 1 aliphatic heterocycles. The van der Waals surface area contributed by atoms with Gasteiger partial charge < -0.3 is 14.2 Å². The second-order valence-electron chi connectivity index (χ2n) is 7.77. The molecule has 2 atom stereocenters. The summed E-state index contributed by atoms with van der Waals surface area (Å²) in [6.45, 7) is 0. The van der Waals surface area contributed by atoms with Gasteiger partial charge in [-0.05, 0) is 66.6 Å². The third kappa shape index (κ3) is 3.28. The minimum Gasteiger partial charge on any atom is -0.493 e. The van der Waals surface area contributed by atoms with Crippen molar-refractivity contribution in [2.75, 3.05) is 7.11 Å². The van der Waals surface area contributed by atoms with E-state index < -0.39 is 5.60 Å².